The zero-order valence-corrected chi connectivity index (χ0v) is 27.6. The molecule has 2 atom stereocenters. The molecule has 0 spiro atoms. The molecule has 1 fully saturated rings. The van der Waals surface area contributed by atoms with Crippen LogP contribution in [-0.4, -0.2) is 16.1 Å². The monoisotopic (exact) mass is 592 g/mol. The van der Waals surface area contributed by atoms with Crippen molar-refractivity contribution >= 4 is 63.5 Å². The van der Waals surface area contributed by atoms with Crippen molar-refractivity contribution in [1.82, 2.24) is 0 Å². The SMILES string of the molecule is CC1=Cc2c(cccc2[Si](C)(C)C)[CH]1[Zr]1([CH]2C(C)=Cc3c2cccc3[Si](C)(C)C)[CH2][CH2]1.Cl.Cl. The average molecular weight is 595 g/mol. The number of fused-ring (bicyclic) bond motifs is 2. The summed E-state index contributed by atoms with van der Waals surface area (Å²) in [6.45, 7) is 20.0. The second-order valence-corrected chi connectivity index (χ2v) is 33.9. The number of allylic oxidation sites excluding steroid dienone is 2. The van der Waals surface area contributed by atoms with Crippen LogP contribution in [0.4, 0.5) is 0 Å². The van der Waals surface area contributed by atoms with Crippen LogP contribution >= 0.6 is 24.8 Å². The Labute approximate surface area is 220 Å². The van der Waals surface area contributed by atoms with Crippen LogP contribution in [0.15, 0.2) is 47.5 Å². The molecule has 0 nitrogen and oxygen atoms in total. The minimum Gasteiger partial charge on any atom is -0.147 e. The summed E-state index contributed by atoms with van der Waals surface area (Å²) in [5.41, 5.74) is 10.1. The van der Waals surface area contributed by atoms with E-state index in [2.05, 4.69) is 102 Å². The van der Waals surface area contributed by atoms with Gasteiger partial charge in [-0.05, 0) is 0 Å². The first-order valence-electron chi connectivity index (χ1n) is 12.1. The molecule has 0 bridgehead atoms. The van der Waals surface area contributed by atoms with Gasteiger partial charge in [-0.25, -0.2) is 0 Å². The molecule has 0 N–H and O–H groups in total. The zero-order chi connectivity index (χ0) is 22.3. The summed E-state index contributed by atoms with van der Waals surface area (Å²) in [5.74, 6) is 0. The van der Waals surface area contributed by atoms with Crippen LogP contribution in [0, 0.1) is 0 Å². The van der Waals surface area contributed by atoms with Gasteiger partial charge in [0, 0.05) is 0 Å². The molecular formula is C28H40Cl2Si2Zr. The van der Waals surface area contributed by atoms with Gasteiger partial charge >= 0.3 is 197 Å². The maximum absolute atomic E-state index is 2.61. The number of hydrogen-bond donors (Lipinski definition) is 0. The Kier molecular flexibility index (Phi) is 7.51. The van der Waals surface area contributed by atoms with Gasteiger partial charge in [0.1, 0.15) is 0 Å². The summed E-state index contributed by atoms with van der Waals surface area (Å²) >= 11 is -2.44. The molecule has 0 saturated carbocycles. The second-order valence-electron chi connectivity index (χ2n) is 12.5. The standard InChI is InChI=1S/2C13H17Si.C2H4.2ClH.Zr/c2*1-10-8-11-6-5-7-13(12(11)9-10)14(2,3)4;1-2;;;/h2*5-9H,1-4H3;1-2H2;2*1H;. The fraction of sp³-hybridized carbons (Fsp3) is 0.429. The van der Waals surface area contributed by atoms with Crippen molar-refractivity contribution in [3.05, 3.63) is 69.8 Å². The largest absolute Gasteiger partial charge is 0.147 e. The maximum atomic E-state index is 2.61. The molecule has 3 aliphatic rings. The van der Waals surface area contributed by atoms with E-state index in [0.717, 1.165) is 7.25 Å². The molecule has 2 aliphatic carbocycles. The van der Waals surface area contributed by atoms with Crippen molar-refractivity contribution in [2.24, 2.45) is 0 Å². The van der Waals surface area contributed by atoms with Crippen LogP contribution in [0.1, 0.15) is 43.4 Å². The van der Waals surface area contributed by atoms with E-state index in [1.54, 1.807) is 52.0 Å². The van der Waals surface area contributed by atoms with E-state index in [1.807, 2.05) is 0 Å². The Balaban J connectivity index is 0.00000153. The number of rotatable bonds is 4. The van der Waals surface area contributed by atoms with E-state index < -0.39 is 36.4 Å². The van der Waals surface area contributed by atoms with Crippen LogP contribution in [0.5, 0.6) is 0 Å². The Morgan fingerprint density at radius 1 is 0.636 bits per heavy atom. The van der Waals surface area contributed by atoms with Crippen LogP contribution < -0.4 is 10.4 Å². The van der Waals surface area contributed by atoms with Crippen molar-refractivity contribution < 1.29 is 20.3 Å². The fourth-order valence-electron chi connectivity index (χ4n) is 6.83. The van der Waals surface area contributed by atoms with E-state index >= 15 is 0 Å². The van der Waals surface area contributed by atoms with Gasteiger partial charge in [0.25, 0.3) is 0 Å². The molecule has 1 aliphatic heterocycles. The van der Waals surface area contributed by atoms with Crippen LogP contribution in [0.25, 0.3) is 12.2 Å². The van der Waals surface area contributed by atoms with Gasteiger partial charge in [0.15, 0.2) is 0 Å². The third-order valence-electron chi connectivity index (χ3n) is 8.15. The van der Waals surface area contributed by atoms with Gasteiger partial charge in [-0.3, -0.25) is 0 Å². The van der Waals surface area contributed by atoms with Gasteiger partial charge in [0.05, 0.1) is 0 Å². The molecule has 1 heterocycles. The second kappa shape index (κ2) is 9.04. The molecule has 33 heavy (non-hydrogen) atoms. The topological polar surface area (TPSA) is 0 Å². The number of hydrogen-bond acceptors (Lipinski definition) is 0. The molecule has 2 unspecified atom stereocenters. The van der Waals surface area contributed by atoms with Crippen LogP contribution in [0.3, 0.4) is 0 Å². The molecule has 0 amide bonds. The number of benzene rings is 2. The predicted molar refractivity (Wildman–Crippen MR) is 156 cm³/mol. The first-order chi connectivity index (χ1) is 14.4. The Bertz CT molecular complexity index is 1060. The average Bonchev–Trinajstić information content (AvgIpc) is 3.23. The van der Waals surface area contributed by atoms with E-state index in [0.29, 0.717) is 0 Å². The van der Waals surface area contributed by atoms with Crippen molar-refractivity contribution in [1.29, 1.82) is 0 Å². The minimum absolute atomic E-state index is 0. The summed E-state index contributed by atoms with van der Waals surface area (Å²) in [6, 6.07) is 14.6. The summed E-state index contributed by atoms with van der Waals surface area (Å²) in [5, 5.41) is 3.35. The smallest absolute Gasteiger partial charge is 0.147 e. The van der Waals surface area contributed by atoms with Crippen LogP contribution in [0.2, 0.25) is 47.5 Å². The van der Waals surface area contributed by atoms with Gasteiger partial charge in [0.2, 0.25) is 0 Å². The molecule has 5 rings (SSSR count). The van der Waals surface area contributed by atoms with Gasteiger partial charge in [-0.1, -0.05) is 0 Å². The molecule has 0 aromatic heterocycles. The molecule has 5 heteroatoms. The summed E-state index contributed by atoms with van der Waals surface area (Å²) in [6.07, 6.45) is 5.22. The Hall–Kier alpha value is -0.183. The van der Waals surface area contributed by atoms with E-state index in [1.165, 1.54) is 0 Å². The number of halogens is 2. The van der Waals surface area contributed by atoms with Gasteiger partial charge < -0.3 is 0 Å². The van der Waals surface area contributed by atoms with E-state index in [9.17, 15) is 0 Å². The van der Waals surface area contributed by atoms with Crippen LogP contribution in [-0.2, 0) is 20.3 Å². The molecule has 2 aromatic rings. The molecule has 2 aromatic carbocycles. The van der Waals surface area contributed by atoms with Crippen molar-refractivity contribution in [2.75, 3.05) is 0 Å². The Morgan fingerprint density at radius 3 is 1.30 bits per heavy atom. The quantitative estimate of drug-likeness (QED) is 0.313. The Morgan fingerprint density at radius 2 is 1.00 bits per heavy atom. The summed E-state index contributed by atoms with van der Waals surface area (Å²) in [4.78, 5) is 0. The first-order valence-corrected chi connectivity index (χ1v) is 25.4. The zero-order valence-electron chi connectivity index (χ0n) is 21.5. The third-order valence-corrected chi connectivity index (χ3v) is 25.7. The molecule has 1 saturated heterocycles. The van der Waals surface area contributed by atoms with Gasteiger partial charge in [-0.15, -0.1) is 24.8 Å². The van der Waals surface area contributed by atoms with Gasteiger partial charge in [-0.2, -0.15) is 0 Å². The summed E-state index contributed by atoms with van der Waals surface area (Å²) < 4.78 is 4.70. The molecular weight excluding hydrogens is 555 g/mol. The minimum atomic E-state index is -2.44. The third kappa shape index (κ3) is 4.33. The van der Waals surface area contributed by atoms with Crippen molar-refractivity contribution in [3.63, 3.8) is 0 Å². The van der Waals surface area contributed by atoms with Crippen molar-refractivity contribution in [2.45, 2.75) is 68.6 Å². The molecule has 0 radical (unpaired) electrons. The summed E-state index contributed by atoms with van der Waals surface area (Å²) in [7, 11) is -2.69. The first kappa shape index (κ1) is 27.4. The maximum Gasteiger partial charge on any atom is -0.147 e. The normalized spacial score (nSPS) is 22.4. The van der Waals surface area contributed by atoms with Crippen molar-refractivity contribution in [3.8, 4) is 0 Å². The fourth-order valence-corrected chi connectivity index (χ4v) is 27.8. The molecule has 178 valence electrons. The van der Waals surface area contributed by atoms with E-state index in [4.69, 9.17) is 0 Å². The predicted octanol–water partition coefficient (Wildman–Crippen LogP) is 8.24. The van der Waals surface area contributed by atoms with E-state index in [-0.39, 0.29) is 24.8 Å².